The van der Waals surface area contributed by atoms with Gasteiger partial charge < -0.3 is 0 Å². The Morgan fingerprint density at radius 3 is 2.67 bits per heavy atom. The number of nitrogens with zero attached hydrogens (tertiary/aromatic N) is 2. The number of hydrazine groups is 1. The summed E-state index contributed by atoms with van der Waals surface area (Å²) in [4.78, 5) is 11.3. The molecule has 1 amide bonds. The first kappa shape index (κ1) is 12.0. The number of carbonyl (C=O) groups is 1. The number of aryl methyl sites for hydroxylation is 1. The fourth-order valence-corrected chi connectivity index (χ4v) is 1.39. The van der Waals surface area contributed by atoms with Gasteiger partial charge >= 0.3 is 0 Å². The van der Waals surface area contributed by atoms with Crippen molar-refractivity contribution in [1.29, 1.82) is 0 Å². The number of hydrogen-bond donors (Lipinski definition) is 2. The van der Waals surface area contributed by atoms with E-state index in [4.69, 9.17) is 17.4 Å². The van der Waals surface area contributed by atoms with Crippen LogP contribution in [0.2, 0.25) is 5.02 Å². The summed E-state index contributed by atoms with van der Waals surface area (Å²) in [7, 11) is 0. The first-order valence-electron chi connectivity index (χ1n) is 4.69. The van der Waals surface area contributed by atoms with Crippen molar-refractivity contribution >= 4 is 17.5 Å². The molecule has 0 aliphatic rings. The summed E-state index contributed by atoms with van der Waals surface area (Å²) < 4.78 is 1.68. The molecule has 0 aliphatic carbocycles. The highest BCUT2D eigenvalue weighted by Gasteiger charge is 2.22. The van der Waals surface area contributed by atoms with Gasteiger partial charge in [0, 0.05) is 6.20 Å². The van der Waals surface area contributed by atoms with Gasteiger partial charge in [-0.25, -0.2) is 5.84 Å². The van der Waals surface area contributed by atoms with Crippen molar-refractivity contribution in [2.75, 3.05) is 0 Å². The Labute approximate surface area is 93.6 Å². The lowest BCUT2D eigenvalue weighted by molar-refractivity contribution is -0.125. The van der Waals surface area contributed by atoms with Crippen molar-refractivity contribution in [3.63, 3.8) is 0 Å². The molecule has 1 aromatic heterocycles. The first-order valence-corrected chi connectivity index (χ1v) is 5.07. The molecule has 1 aromatic rings. The van der Waals surface area contributed by atoms with E-state index < -0.39 is 0 Å². The van der Waals surface area contributed by atoms with Crippen LogP contribution >= 0.6 is 11.6 Å². The molecule has 0 fully saturated rings. The summed E-state index contributed by atoms with van der Waals surface area (Å²) >= 11 is 5.88. The van der Waals surface area contributed by atoms with Crippen LogP contribution in [0.3, 0.4) is 0 Å². The minimum absolute atomic E-state index is 0.0836. The van der Waals surface area contributed by atoms with E-state index in [1.807, 2.05) is 13.8 Å². The third-order valence-corrected chi connectivity index (χ3v) is 2.92. The molecular formula is C9H15ClN4O. The van der Waals surface area contributed by atoms with E-state index in [0.29, 0.717) is 5.02 Å². The summed E-state index contributed by atoms with van der Waals surface area (Å²) in [6.07, 6.45) is 1.71. The molecule has 0 spiro atoms. The molecule has 3 N–H and O–H groups in total. The molecule has 0 bridgehead atoms. The molecule has 0 aromatic carbocycles. The van der Waals surface area contributed by atoms with Crippen LogP contribution in [0, 0.1) is 12.8 Å². The number of amides is 1. The van der Waals surface area contributed by atoms with E-state index in [1.165, 1.54) is 0 Å². The van der Waals surface area contributed by atoms with Crippen LogP contribution in [-0.4, -0.2) is 15.7 Å². The number of nitrogens with two attached hydrogens (primary N) is 1. The van der Waals surface area contributed by atoms with E-state index >= 15 is 0 Å². The zero-order valence-corrected chi connectivity index (χ0v) is 9.75. The number of carbonyl (C=O) groups excluding carboxylic acids is 1. The van der Waals surface area contributed by atoms with Crippen molar-refractivity contribution in [2.24, 2.45) is 11.8 Å². The van der Waals surface area contributed by atoms with Gasteiger partial charge in [0.05, 0.1) is 22.7 Å². The highest BCUT2D eigenvalue weighted by molar-refractivity contribution is 6.31. The molecule has 2 unspecified atom stereocenters. The largest absolute Gasteiger partial charge is 0.294 e. The van der Waals surface area contributed by atoms with E-state index in [9.17, 15) is 4.79 Å². The summed E-state index contributed by atoms with van der Waals surface area (Å²) in [5.41, 5.74) is 2.88. The Balaban J connectivity index is 2.84. The maximum absolute atomic E-state index is 11.3. The summed E-state index contributed by atoms with van der Waals surface area (Å²) in [6, 6.07) is -0.0836. The third-order valence-electron chi connectivity index (χ3n) is 2.55. The molecule has 0 saturated heterocycles. The van der Waals surface area contributed by atoms with Gasteiger partial charge in [-0.2, -0.15) is 5.10 Å². The van der Waals surface area contributed by atoms with Crippen LogP contribution < -0.4 is 11.3 Å². The molecule has 0 saturated carbocycles. The predicted octanol–water partition coefficient (Wildman–Crippen LogP) is 1.03. The van der Waals surface area contributed by atoms with E-state index in [0.717, 1.165) is 5.69 Å². The van der Waals surface area contributed by atoms with Gasteiger partial charge in [0.1, 0.15) is 0 Å². The highest BCUT2D eigenvalue weighted by atomic mass is 35.5. The Morgan fingerprint density at radius 2 is 2.27 bits per heavy atom. The summed E-state index contributed by atoms with van der Waals surface area (Å²) in [5, 5.41) is 4.81. The molecule has 1 heterocycles. The SMILES string of the molecule is Cc1nn(C(C)C(C)C(=O)NN)cc1Cl. The Morgan fingerprint density at radius 1 is 1.67 bits per heavy atom. The van der Waals surface area contributed by atoms with Crippen LogP contribution in [0.25, 0.3) is 0 Å². The zero-order valence-electron chi connectivity index (χ0n) is 8.99. The zero-order chi connectivity index (χ0) is 11.6. The second-order valence-electron chi connectivity index (χ2n) is 3.58. The normalized spacial score (nSPS) is 14.7. The fourth-order valence-electron chi connectivity index (χ4n) is 1.25. The lowest BCUT2D eigenvalue weighted by atomic mass is 10.0. The van der Waals surface area contributed by atoms with E-state index in [1.54, 1.807) is 17.8 Å². The monoisotopic (exact) mass is 230 g/mol. The second kappa shape index (κ2) is 4.63. The van der Waals surface area contributed by atoms with Gasteiger partial charge in [-0.1, -0.05) is 18.5 Å². The lowest BCUT2D eigenvalue weighted by Gasteiger charge is -2.18. The standard InChI is InChI=1S/C9H15ClN4O/c1-5(9(15)12-11)7(3)14-4-8(10)6(2)13-14/h4-5,7H,11H2,1-3H3,(H,12,15). The molecule has 5 nitrogen and oxygen atoms in total. The van der Waals surface area contributed by atoms with Crippen LogP contribution in [0.4, 0.5) is 0 Å². The highest BCUT2D eigenvalue weighted by Crippen LogP contribution is 2.21. The van der Waals surface area contributed by atoms with Crippen LogP contribution in [0.15, 0.2) is 6.20 Å². The topological polar surface area (TPSA) is 72.9 Å². The van der Waals surface area contributed by atoms with Crippen molar-refractivity contribution in [2.45, 2.75) is 26.8 Å². The number of halogens is 1. The van der Waals surface area contributed by atoms with E-state index in [-0.39, 0.29) is 17.9 Å². The van der Waals surface area contributed by atoms with E-state index in [2.05, 4.69) is 10.5 Å². The van der Waals surface area contributed by atoms with Crippen LogP contribution in [0.1, 0.15) is 25.6 Å². The molecule has 2 atom stereocenters. The van der Waals surface area contributed by atoms with Crippen molar-refractivity contribution in [3.8, 4) is 0 Å². The summed E-state index contributed by atoms with van der Waals surface area (Å²) in [5.74, 6) is 4.59. The maximum Gasteiger partial charge on any atom is 0.238 e. The van der Waals surface area contributed by atoms with Crippen LogP contribution in [0.5, 0.6) is 0 Å². The minimum Gasteiger partial charge on any atom is -0.294 e. The van der Waals surface area contributed by atoms with Crippen molar-refractivity contribution < 1.29 is 4.79 Å². The number of aromatic nitrogens is 2. The average molecular weight is 231 g/mol. The number of nitrogens with one attached hydrogen (secondary N) is 1. The van der Waals surface area contributed by atoms with Crippen molar-refractivity contribution in [3.05, 3.63) is 16.9 Å². The number of rotatable bonds is 3. The second-order valence-corrected chi connectivity index (χ2v) is 3.99. The maximum atomic E-state index is 11.3. The smallest absolute Gasteiger partial charge is 0.238 e. The molecule has 15 heavy (non-hydrogen) atoms. The fraction of sp³-hybridized carbons (Fsp3) is 0.556. The van der Waals surface area contributed by atoms with Crippen LogP contribution in [-0.2, 0) is 4.79 Å². The van der Waals surface area contributed by atoms with Gasteiger partial charge in [-0.15, -0.1) is 0 Å². The minimum atomic E-state index is -0.259. The molecular weight excluding hydrogens is 216 g/mol. The quantitative estimate of drug-likeness (QED) is 0.463. The molecule has 0 aliphatic heterocycles. The van der Waals surface area contributed by atoms with Gasteiger partial charge in [-0.3, -0.25) is 14.9 Å². The molecule has 6 heteroatoms. The number of hydrogen-bond acceptors (Lipinski definition) is 3. The molecule has 1 rings (SSSR count). The van der Waals surface area contributed by atoms with Gasteiger partial charge in [0.2, 0.25) is 5.91 Å². The summed E-state index contributed by atoms with van der Waals surface area (Å²) in [6.45, 7) is 5.50. The first-order chi connectivity index (χ1) is 6.97. The average Bonchev–Trinajstić information content (AvgIpc) is 2.56. The van der Waals surface area contributed by atoms with Gasteiger partial charge in [0.25, 0.3) is 0 Å². The Kier molecular flexibility index (Phi) is 3.71. The molecule has 84 valence electrons. The Bertz CT molecular complexity index is 343. The predicted molar refractivity (Wildman–Crippen MR) is 58.2 cm³/mol. The van der Waals surface area contributed by atoms with Crippen molar-refractivity contribution in [1.82, 2.24) is 15.2 Å². The van der Waals surface area contributed by atoms with Gasteiger partial charge in [0.15, 0.2) is 0 Å². The third kappa shape index (κ3) is 2.49. The van der Waals surface area contributed by atoms with Gasteiger partial charge in [-0.05, 0) is 13.8 Å². The molecule has 0 radical (unpaired) electrons. The lowest BCUT2D eigenvalue weighted by Crippen LogP contribution is -2.37. The Hall–Kier alpha value is -1.07.